The van der Waals surface area contributed by atoms with Crippen LogP contribution in [0.3, 0.4) is 0 Å². The molecule has 2 aliphatic rings. The van der Waals surface area contributed by atoms with Gasteiger partial charge in [0.2, 0.25) is 0 Å². The number of nitrogens with one attached hydrogen (secondary N) is 1. The number of halogens is 1. The first-order valence-corrected chi connectivity index (χ1v) is 12.4. The van der Waals surface area contributed by atoms with Crippen LogP contribution in [0.15, 0.2) is 36.5 Å². The van der Waals surface area contributed by atoms with Crippen molar-refractivity contribution in [3.8, 4) is 10.8 Å². The predicted octanol–water partition coefficient (Wildman–Crippen LogP) is 6.82. The van der Waals surface area contributed by atoms with E-state index in [1.54, 1.807) is 25.3 Å². The summed E-state index contributed by atoms with van der Waals surface area (Å²) in [6.45, 7) is 4.95. The molecule has 2 aromatic heterocycles. The summed E-state index contributed by atoms with van der Waals surface area (Å²) in [5.41, 5.74) is 4.50. The predicted molar refractivity (Wildman–Crippen MR) is 130 cm³/mol. The number of carbonyl (C=O) groups is 1. The SMILES string of the molecule is COc1ccc(Cl)cc1NC(=O)N1Cc2c(sc3c2CCCC3)-n2cccc2C1C(C)C. The van der Waals surface area contributed by atoms with Crippen LogP contribution in [0.25, 0.3) is 5.00 Å². The summed E-state index contributed by atoms with van der Waals surface area (Å²) in [6, 6.07) is 9.33. The number of hydrogen-bond acceptors (Lipinski definition) is 3. The van der Waals surface area contributed by atoms with E-state index in [9.17, 15) is 4.79 Å². The van der Waals surface area contributed by atoms with E-state index in [4.69, 9.17) is 16.3 Å². The zero-order valence-electron chi connectivity index (χ0n) is 18.7. The largest absolute Gasteiger partial charge is 0.495 e. The molecule has 0 saturated heterocycles. The number of fused-ring (bicyclic) bond motifs is 5. The van der Waals surface area contributed by atoms with Crippen LogP contribution in [0.1, 0.15) is 54.4 Å². The van der Waals surface area contributed by atoms with E-state index in [-0.39, 0.29) is 18.0 Å². The molecule has 1 atom stereocenters. The average molecular weight is 470 g/mol. The third kappa shape index (κ3) is 3.59. The lowest BCUT2D eigenvalue weighted by Crippen LogP contribution is -2.39. The summed E-state index contributed by atoms with van der Waals surface area (Å²) < 4.78 is 7.77. The van der Waals surface area contributed by atoms with Gasteiger partial charge in [0, 0.05) is 27.4 Å². The Morgan fingerprint density at radius 2 is 2.03 bits per heavy atom. The topological polar surface area (TPSA) is 46.5 Å². The number of anilines is 1. The fourth-order valence-corrected chi connectivity index (χ4v) is 6.66. The zero-order valence-corrected chi connectivity index (χ0v) is 20.2. The molecule has 0 radical (unpaired) electrons. The lowest BCUT2D eigenvalue weighted by Gasteiger charge is -2.33. The van der Waals surface area contributed by atoms with Crippen LogP contribution < -0.4 is 10.1 Å². The van der Waals surface area contributed by atoms with Gasteiger partial charge in [-0.1, -0.05) is 25.4 Å². The van der Waals surface area contributed by atoms with Gasteiger partial charge >= 0.3 is 6.03 Å². The van der Waals surface area contributed by atoms with Gasteiger partial charge in [-0.2, -0.15) is 0 Å². The summed E-state index contributed by atoms with van der Waals surface area (Å²) in [5.74, 6) is 0.844. The standard InChI is InChI=1S/C25H28ClN3O2S/c1-15(2)23-20-8-6-12-28(20)24-18(17-7-4-5-9-22(17)32-24)14-29(23)25(30)27-19-13-16(26)10-11-21(19)31-3/h6,8,10-13,15,23H,4-5,7,9,14H2,1-3H3,(H,27,30). The molecule has 3 aromatic rings. The normalized spacial score (nSPS) is 17.4. The highest BCUT2D eigenvalue weighted by Crippen LogP contribution is 2.44. The zero-order chi connectivity index (χ0) is 22.4. The van der Waals surface area contributed by atoms with E-state index < -0.39 is 0 Å². The number of nitrogens with zero attached hydrogens (tertiary/aromatic N) is 2. The Balaban J connectivity index is 1.59. The number of benzene rings is 1. The highest BCUT2D eigenvalue weighted by Gasteiger charge is 2.36. The van der Waals surface area contributed by atoms with Crippen molar-refractivity contribution in [1.29, 1.82) is 0 Å². The van der Waals surface area contributed by atoms with Crippen molar-refractivity contribution in [3.05, 3.63) is 63.2 Å². The number of thiophene rings is 1. The van der Waals surface area contributed by atoms with Gasteiger partial charge < -0.3 is 19.5 Å². The Morgan fingerprint density at radius 1 is 1.22 bits per heavy atom. The first-order chi connectivity index (χ1) is 15.5. The average Bonchev–Trinajstić information content (AvgIpc) is 3.35. The summed E-state index contributed by atoms with van der Waals surface area (Å²) in [7, 11) is 1.60. The molecule has 7 heteroatoms. The monoisotopic (exact) mass is 469 g/mol. The van der Waals surface area contributed by atoms with E-state index in [1.165, 1.54) is 33.8 Å². The number of carbonyl (C=O) groups excluding carboxylic acids is 1. The molecule has 1 aliphatic carbocycles. The third-order valence-corrected chi connectivity index (χ3v) is 8.09. The van der Waals surface area contributed by atoms with Gasteiger partial charge in [0.15, 0.2) is 0 Å². The highest BCUT2D eigenvalue weighted by molar-refractivity contribution is 7.15. The number of hydrogen-bond donors (Lipinski definition) is 1. The van der Waals surface area contributed by atoms with E-state index in [2.05, 4.69) is 42.1 Å². The quantitative estimate of drug-likeness (QED) is 0.457. The lowest BCUT2D eigenvalue weighted by molar-refractivity contribution is 0.161. The summed E-state index contributed by atoms with van der Waals surface area (Å²) >= 11 is 8.11. The Morgan fingerprint density at radius 3 is 2.81 bits per heavy atom. The number of amides is 2. The Bertz CT molecular complexity index is 1170. The number of rotatable bonds is 3. The molecule has 1 aliphatic heterocycles. The van der Waals surface area contributed by atoms with Gasteiger partial charge in [0.25, 0.3) is 0 Å². The van der Waals surface area contributed by atoms with Gasteiger partial charge in [-0.3, -0.25) is 0 Å². The van der Waals surface area contributed by atoms with E-state index in [1.807, 2.05) is 16.2 Å². The molecule has 3 heterocycles. The number of urea groups is 1. The van der Waals surface area contributed by atoms with Crippen molar-refractivity contribution in [2.24, 2.45) is 5.92 Å². The van der Waals surface area contributed by atoms with Gasteiger partial charge in [-0.25, -0.2) is 4.79 Å². The van der Waals surface area contributed by atoms with Crippen molar-refractivity contribution < 1.29 is 9.53 Å². The van der Waals surface area contributed by atoms with Crippen LogP contribution >= 0.6 is 22.9 Å². The van der Waals surface area contributed by atoms with Crippen molar-refractivity contribution in [3.63, 3.8) is 0 Å². The number of methoxy groups -OCH3 is 1. The minimum atomic E-state index is -0.138. The maximum Gasteiger partial charge on any atom is 0.322 e. The Hall–Kier alpha value is -2.44. The van der Waals surface area contributed by atoms with Gasteiger partial charge in [0.1, 0.15) is 10.8 Å². The van der Waals surface area contributed by atoms with Gasteiger partial charge in [-0.05, 0) is 67.5 Å². The van der Waals surface area contributed by atoms with Crippen molar-refractivity contribution >= 4 is 34.7 Å². The van der Waals surface area contributed by atoms with Gasteiger partial charge in [0.05, 0.1) is 25.4 Å². The molecule has 1 aromatic carbocycles. The second-order valence-electron chi connectivity index (χ2n) is 8.89. The molecule has 32 heavy (non-hydrogen) atoms. The number of ether oxygens (including phenoxy) is 1. The molecule has 0 spiro atoms. The lowest BCUT2D eigenvalue weighted by atomic mass is 9.94. The molecular weight excluding hydrogens is 442 g/mol. The van der Waals surface area contributed by atoms with Crippen LogP contribution in [0.2, 0.25) is 5.02 Å². The fourth-order valence-electron chi connectivity index (χ4n) is 5.09. The molecule has 5 rings (SSSR count). The van der Waals surface area contributed by atoms with Gasteiger partial charge in [-0.15, -0.1) is 11.3 Å². The number of aryl methyl sites for hydroxylation is 1. The first-order valence-electron chi connectivity index (χ1n) is 11.2. The van der Waals surface area contributed by atoms with Crippen molar-refractivity contribution in [2.75, 3.05) is 12.4 Å². The van der Waals surface area contributed by atoms with Crippen LogP contribution in [0.5, 0.6) is 5.75 Å². The summed E-state index contributed by atoms with van der Waals surface area (Å²) in [6.07, 6.45) is 6.85. The van der Waals surface area contributed by atoms with E-state index in [0.717, 1.165) is 18.5 Å². The van der Waals surface area contributed by atoms with Crippen LogP contribution in [0.4, 0.5) is 10.5 Å². The molecule has 1 N–H and O–H groups in total. The van der Waals surface area contributed by atoms with Crippen molar-refractivity contribution in [2.45, 2.75) is 52.1 Å². The molecule has 0 fully saturated rings. The molecule has 5 nitrogen and oxygen atoms in total. The Labute approximate surface area is 197 Å². The second-order valence-corrected chi connectivity index (χ2v) is 10.4. The molecule has 1 unspecified atom stereocenters. The highest BCUT2D eigenvalue weighted by atomic mass is 35.5. The maximum absolute atomic E-state index is 13.8. The molecule has 168 valence electrons. The van der Waals surface area contributed by atoms with E-state index in [0.29, 0.717) is 23.0 Å². The smallest absolute Gasteiger partial charge is 0.322 e. The van der Waals surface area contributed by atoms with E-state index >= 15 is 0 Å². The fraction of sp³-hybridized carbons (Fsp3) is 0.400. The first kappa shape index (κ1) is 21.4. The molecule has 0 bridgehead atoms. The second kappa shape index (κ2) is 8.49. The third-order valence-electron chi connectivity index (χ3n) is 6.52. The molecular formula is C25H28ClN3O2S. The number of aromatic nitrogens is 1. The Kier molecular flexibility index (Phi) is 5.68. The summed E-state index contributed by atoms with van der Waals surface area (Å²) in [4.78, 5) is 17.2. The van der Waals surface area contributed by atoms with Crippen LogP contribution in [-0.4, -0.2) is 22.6 Å². The van der Waals surface area contributed by atoms with Crippen molar-refractivity contribution in [1.82, 2.24) is 9.47 Å². The van der Waals surface area contributed by atoms with Crippen LogP contribution in [0, 0.1) is 5.92 Å². The molecule has 0 saturated carbocycles. The minimum absolute atomic E-state index is 0.0472. The van der Waals surface area contributed by atoms with Crippen LogP contribution in [-0.2, 0) is 19.4 Å². The maximum atomic E-state index is 13.8. The minimum Gasteiger partial charge on any atom is -0.495 e. The summed E-state index contributed by atoms with van der Waals surface area (Å²) in [5, 5.41) is 4.91. The molecule has 2 amide bonds.